The first kappa shape index (κ1) is 14.4. The number of carbonyl (C=O) groups is 2. The molecule has 0 aromatic heterocycles. The summed E-state index contributed by atoms with van der Waals surface area (Å²) in [5.41, 5.74) is 0. The fraction of sp³-hybridized carbons (Fsp3) is 0.867. The van der Waals surface area contributed by atoms with Crippen LogP contribution in [-0.2, 0) is 14.3 Å². The standard InChI is InChI=1S/C15H25NO3/c1-2-12-9-14(19-15(12)18)13(16-10-17)8-11-6-4-3-5-7-11/h10-14H,2-9H2,1H3,(H,16,17)/t12-,13?,14+/m1/s1. The highest BCUT2D eigenvalue weighted by atomic mass is 16.6. The van der Waals surface area contributed by atoms with Crippen molar-refractivity contribution >= 4 is 12.4 Å². The molecule has 1 amide bonds. The highest BCUT2D eigenvalue weighted by molar-refractivity contribution is 5.74. The zero-order valence-electron chi connectivity index (χ0n) is 11.8. The fourth-order valence-corrected chi connectivity index (χ4v) is 3.45. The molecule has 3 atom stereocenters. The van der Waals surface area contributed by atoms with Crippen molar-refractivity contribution in [2.45, 2.75) is 70.4 Å². The van der Waals surface area contributed by atoms with Crippen LogP contribution in [0, 0.1) is 11.8 Å². The van der Waals surface area contributed by atoms with Gasteiger partial charge in [-0.2, -0.15) is 0 Å². The number of cyclic esters (lactones) is 1. The van der Waals surface area contributed by atoms with E-state index in [1.165, 1.54) is 32.1 Å². The van der Waals surface area contributed by atoms with E-state index in [1.54, 1.807) is 0 Å². The second-order valence-corrected chi connectivity index (χ2v) is 5.95. The van der Waals surface area contributed by atoms with Gasteiger partial charge in [0.15, 0.2) is 0 Å². The third-order valence-electron chi connectivity index (χ3n) is 4.65. The van der Waals surface area contributed by atoms with E-state index in [9.17, 15) is 9.59 Å². The van der Waals surface area contributed by atoms with Crippen molar-refractivity contribution in [3.63, 3.8) is 0 Å². The summed E-state index contributed by atoms with van der Waals surface area (Å²) < 4.78 is 5.46. The number of carbonyl (C=O) groups excluding carboxylic acids is 2. The van der Waals surface area contributed by atoms with Gasteiger partial charge in [0.1, 0.15) is 6.10 Å². The second-order valence-electron chi connectivity index (χ2n) is 5.95. The average molecular weight is 267 g/mol. The maximum atomic E-state index is 11.7. The molecule has 1 saturated heterocycles. The zero-order chi connectivity index (χ0) is 13.7. The summed E-state index contributed by atoms with van der Waals surface area (Å²) in [4.78, 5) is 22.5. The van der Waals surface area contributed by atoms with Crippen LogP contribution in [0.5, 0.6) is 0 Å². The van der Waals surface area contributed by atoms with Crippen molar-refractivity contribution in [2.24, 2.45) is 11.8 Å². The fourth-order valence-electron chi connectivity index (χ4n) is 3.45. The lowest BCUT2D eigenvalue weighted by molar-refractivity contribution is -0.145. The minimum atomic E-state index is -0.121. The van der Waals surface area contributed by atoms with Crippen molar-refractivity contribution in [1.82, 2.24) is 5.32 Å². The molecule has 0 aromatic rings. The minimum Gasteiger partial charge on any atom is -0.460 e. The second kappa shape index (κ2) is 6.92. The Labute approximate surface area is 115 Å². The van der Waals surface area contributed by atoms with Gasteiger partial charge in [-0.25, -0.2) is 0 Å². The van der Waals surface area contributed by atoms with Gasteiger partial charge in [-0.05, 0) is 25.2 Å². The van der Waals surface area contributed by atoms with Crippen LogP contribution in [0.15, 0.2) is 0 Å². The smallest absolute Gasteiger partial charge is 0.309 e. The van der Waals surface area contributed by atoms with Gasteiger partial charge in [0, 0.05) is 0 Å². The molecule has 1 heterocycles. The maximum Gasteiger partial charge on any atom is 0.309 e. The highest BCUT2D eigenvalue weighted by Gasteiger charge is 2.38. The molecular formula is C15H25NO3. The third-order valence-corrected chi connectivity index (χ3v) is 4.65. The van der Waals surface area contributed by atoms with E-state index in [4.69, 9.17) is 4.74 Å². The molecule has 2 fully saturated rings. The van der Waals surface area contributed by atoms with Gasteiger partial charge in [-0.15, -0.1) is 0 Å². The van der Waals surface area contributed by atoms with E-state index >= 15 is 0 Å². The predicted octanol–water partition coefficient (Wildman–Crippen LogP) is 2.41. The summed E-state index contributed by atoms with van der Waals surface area (Å²) in [5, 5.41) is 2.88. The van der Waals surface area contributed by atoms with Gasteiger partial charge in [-0.3, -0.25) is 9.59 Å². The molecule has 108 valence electrons. The average Bonchev–Trinajstić information content (AvgIpc) is 2.81. The normalized spacial score (nSPS) is 29.8. The summed E-state index contributed by atoms with van der Waals surface area (Å²) >= 11 is 0. The Hall–Kier alpha value is -1.06. The van der Waals surface area contributed by atoms with Crippen molar-refractivity contribution in [3.8, 4) is 0 Å². The zero-order valence-corrected chi connectivity index (χ0v) is 11.8. The number of esters is 1. The topological polar surface area (TPSA) is 55.4 Å². The first-order valence-electron chi connectivity index (χ1n) is 7.64. The van der Waals surface area contributed by atoms with Crippen LogP contribution in [0.4, 0.5) is 0 Å². The van der Waals surface area contributed by atoms with Crippen molar-refractivity contribution in [1.29, 1.82) is 0 Å². The highest BCUT2D eigenvalue weighted by Crippen LogP contribution is 2.32. The molecule has 1 saturated carbocycles. The molecule has 19 heavy (non-hydrogen) atoms. The number of nitrogens with one attached hydrogen (secondary N) is 1. The Balaban J connectivity index is 1.91. The summed E-state index contributed by atoms with van der Waals surface area (Å²) in [6.07, 6.45) is 9.57. The molecule has 0 spiro atoms. The summed E-state index contributed by atoms with van der Waals surface area (Å²) in [6.45, 7) is 2.01. The van der Waals surface area contributed by atoms with E-state index in [-0.39, 0.29) is 24.0 Å². The van der Waals surface area contributed by atoms with Gasteiger partial charge < -0.3 is 10.1 Å². The van der Waals surface area contributed by atoms with Crippen molar-refractivity contribution in [2.75, 3.05) is 0 Å². The van der Waals surface area contributed by atoms with Crippen LogP contribution in [-0.4, -0.2) is 24.5 Å². The SMILES string of the molecule is CC[C@@H]1C[C@@H](C(CC2CCCCC2)NC=O)OC1=O. The number of amides is 1. The minimum absolute atomic E-state index is 0.00102. The predicted molar refractivity (Wildman–Crippen MR) is 72.5 cm³/mol. The first-order valence-corrected chi connectivity index (χ1v) is 7.64. The van der Waals surface area contributed by atoms with E-state index in [2.05, 4.69) is 5.32 Å². The lowest BCUT2D eigenvalue weighted by Crippen LogP contribution is -2.41. The molecule has 1 aliphatic heterocycles. The van der Waals surface area contributed by atoms with Gasteiger partial charge in [0.25, 0.3) is 0 Å². The molecule has 2 rings (SSSR count). The Morgan fingerprint density at radius 1 is 1.37 bits per heavy atom. The maximum absolute atomic E-state index is 11.7. The molecule has 0 radical (unpaired) electrons. The Bertz CT molecular complexity index is 313. The molecule has 0 aromatic carbocycles. The molecule has 1 unspecified atom stereocenters. The van der Waals surface area contributed by atoms with Gasteiger partial charge in [-0.1, -0.05) is 39.0 Å². The van der Waals surface area contributed by atoms with Gasteiger partial charge in [0.05, 0.1) is 12.0 Å². The molecule has 1 N–H and O–H groups in total. The lowest BCUT2D eigenvalue weighted by Gasteiger charge is -2.28. The molecule has 4 nitrogen and oxygen atoms in total. The van der Waals surface area contributed by atoms with E-state index in [1.807, 2.05) is 6.92 Å². The van der Waals surface area contributed by atoms with E-state index < -0.39 is 0 Å². The molecule has 0 bridgehead atoms. The lowest BCUT2D eigenvalue weighted by atomic mass is 9.83. The molecule has 2 aliphatic rings. The van der Waals surface area contributed by atoms with Gasteiger partial charge >= 0.3 is 5.97 Å². The van der Waals surface area contributed by atoms with Crippen molar-refractivity contribution < 1.29 is 14.3 Å². The number of hydrogen-bond donors (Lipinski definition) is 1. The molecule has 1 aliphatic carbocycles. The summed E-state index contributed by atoms with van der Waals surface area (Å²) in [5.74, 6) is 0.603. The van der Waals surface area contributed by atoms with Crippen LogP contribution in [0.3, 0.4) is 0 Å². The molecular weight excluding hydrogens is 242 g/mol. The summed E-state index contributed by atoms with van der Waals surface area (Å²) in [6, 6.07) is 0.00102. The largest absolute Gasteiger partial charge is 0.460 e. The van der Waals surface area contributed by atoms with Crippen LogP contribution in [0.2, 0.25) is 0 Å². The van der Waals surface area contributed by atoms with Crippen LogP contribution in [0.1, 0.15) is 58.3 Å². The van der Waals surface area contributed by atoms with Crippen LogP contribution in [0.25, 0.3) is 0 Å². The van der Waals surface area contributed by atoms with Gasteiger partial charge in [0.2, 0.25) is 6.41 Å². The Kier molecular flexibility index (Phi) is 5.23. The van der Waals surface area contributed by atoms with Crippen LogP contribution >= 0.6 is 0 Å². The Morgan fingerprint density at radius 2 is 2.11 bits per heavy atom. The summed E-state index contributed by atoms with van der Waals surface area (Å²) in [7, 11) is 0. The number of ether oxygens (including phenoxy) is 1. The quantitative estimate of drug-likeness (QED) is 0.594. The van der Waals surface area contributed by atoms with E-state index in [0.717, 1.165) is 25.7 Å². The van der Waals surface area contributed by atoms with Crippen molar-refractivity contribution in [3.05, 3.63) is 0 Å². The third kappa shape index (κ3) is 3.71. The number of hydrogen-bond acceptors (Lipinski definition) is 3. The number of rotatable bonds is 6. The van der Waals surface area contributed by atoms with E-state index in [0.29, 0.717) is 5.92 Å². The monoisotopic (exact) mass is 267 g/mol. The van der Waals surface area contributed by atoms with Crippen LogP contribution < -0.4 is 5.32 Å². The first-order chi connectivity index (χ1) is 9.24. The Morgan fingerprint density at radius 3 is 2.68 bits per heavy atom. The molecule has 4 heteroatoms.